The summed E-state index contributed by atoms with van der Waals surface area (Å²) in [5.41, 5.74) is 4.33. The van der Waals surface area contributed by atoms with Gasteiger partial charge in [0, 0.05) is 24.1 Å². The van der Waals surface area contributed by atoms with Crippen molar-refractivity contribution in [3.63, 3.8) is 0 Å². The van der Waals surface area contributed by atoms with Crippen LogP contribution in [0.5, 0.6) is 0 Å². The summed E-state index contributed by atoms with van der Waals surface area (Å²) in [6.45, 7) is 12.9. The molecule has 5 heteroatoms. The Labute approximate surface area is 180 Å². The predicted molar refractivity (Wildman–Crippen MR) is 121 cm³/mol. The number of Topliss-reactive ketones (excluding diaryl/α,β-unsaturated/α-hetero) is 1. The van der Waals surface area contributed by atoms with E-state index in [0.717, 1.165) is 49.7 Å². The highest BCUT2D eigenvalue weighted by molar-refractivity contribution is 5.98. The zero-order chi connectivity index (χ0) is 21.5. The highest BCUT2D eigenvalue weighted by atomic mass is 16.5. The standard InChI is InChI=1S/C25H35N3O2/c1-20-17-24(22(3)28(20)21(2)19-30-4)25(29)18-27-15-13-26(14-16-27)12-8-11-23-9-6-5-7-10-23/h5-11,17,21H,12-16,18-19H2,1-4H3/p+2/b11-8+/t21-/m0/s1. The van der Waals surface area contributed by atoms with Crippen LogP contribution in [0.15, 0.2) is 42.5 Å². The first-order valence-corrected chi connectivity index (χ1v) is 11.1. The van der Waals surface area contributed by atoms with E-state index >= 15 is 0 Å². The molecule has 0 unspecified atom stereocenters. The lowest BCUT2D eigenvalue weighted by Gasteiger charge is -2.28. The van der Waals surface area contributed by atoms with E-state index in [1.807, 2.05) is 6.07 Å². The van der Waals surface area contributed by atoms with Gasteiger partial charge in [0.1, 0.15) is 32.7 Å². The van der Waals surface area contributed by atoms with Crippen molar-refractivity contribution in [2.24, 2.45) is 0 Å². The first-order chi connectivity index (χ1) is 14.5. The van der Waals surface area contributed by atoms with Crippen LogP contribution in [0, 0.1) is 13.8 Å². The second kappa shape index (κ2) is 10.7. The van der Waals surface area contributed by atoms with E-state index < -0.39 is 0 Å². The van der Waals surface area contributed by atoms with Crippen LogP contribution in [-0.2, 0) is 4.74 Å². The fraction of sp³-hybridized carbons (Fsp3) is 0.480. The van der Waals surface area contributed by atoms with E-state index in [1.54, 1.807) is 12.0 Å². The number of ketones is 1. The van der Waals surface area contributed by atoms with E-state index in [-0.39, 0.29) is 11.8 Å². The molecule has 1 atom stereocenters. The molecule has 2 aromatic rings. The molecule has 0 bridgehead atoms. The molecule has 1 aromatic carbocycles. The fourth-order valence-corrected chi connectivity index (χ4v) is 4.64. The monoisotopic (exact) mass is 411 g/mol. The number of nitrogens with zero attached hydrogens (tertiary/aromatic N) is 1. The molecule has 0 radical (unpaired) electrons. The number of rotatable bonds is 9. The summed E-state index contributed by atoms with van der Waals surface area (Å²) in [5.74, 6) is 0.265. The third kappa shape index (κ3) is 5.69. The van der Waals surface area contributed by atoms with E-state index in [4.69, 9.17) is 4.74 Å². The average Bonchev–Trinajstić information content (AvgIpc) is 3.04. The minimum atomic E-state index is 0.236. The van der Waals surface area contributed by atoms with Crippen molar-refractivity contribution in [2.75, 3.05) is 53.0 Å². The SMILES string of the molecule is COC[C@H](C)n1c(C)cc(C(=O)C[NH+]2CC[NH+](C/C=C/c3ccccc3)CC2)c1C. The number of hydrogen-bond donors (Lipinski definition) is 2. The molecule has 0 amide bonds. The summed E-state index contributed by atoms with van der Waals surface area (Å²) < 4.78 is 7.53. The molecule has 1 saturated heterocycles. The minimum Gasteiger partial charge on any atom is -0.383 e. The van der Waals surface area contributed by atoms with E-state index in [9.17, 15) is 4.79 Å². The molecule has 2 heterocycles. The van der Waals surface area contributed by atoms with Crippen LogP contribution in [0.1, 0.15) is 40.3 Å². The van der Waals surface area contributed by atoms with Gasteiger partial charge in [-0.2, -0.15) is 0 Å². The van der Waals surface area contributed by atoms with Crippen molar-refractivity contribution in [1.82, 2.24) is 4.57 Å². The molecule has 1 fully saturated rings. The van der Waals surface area contributed by atoms with Crippen LogP contribution in [0.2, 0.25) is 0 Å². The number of aromatic nitrogens is 1. The number of quaternary nitrogens is 2. The summed E-state index contributed by atoms with van der Waals surface area (Å²) in [5, 5.41) is 0. The topological polar surface area (TPSA) is 40.1 Å². The van der Waals surface area contributed by atoms with Gasteiger partial charge >= 0.3 is 0 Å². The Hall–Kier alpha value is -2.21. The molecule has 30 heavy (non-hydrogen) atoms. The Balaban J connectivity index is 1.50. The molecule has 162 valence electrons. The molecule has 5 nitrogen and oxygen atoms in total. The Morgan fingerprint density at radius 1 is 1.13 bits per heavy atom. The number of ether oxygens (including phenoxy) is 1. The molecule has 1 aromatic heterocycles. The van der Waals surface area contributed by atoms with Crippen molar-refractivity contribution in [1.29, 1.82) is 0 Å². The molecule has 1 aliphatic rings. The molecular formula is C25H37N3O2+2. The Bertz CT molecular complexity index is 849. The first-order valence-electron chi connectivity index (χ1n) is 11.1. The summed E-state index contributed by atoms with van der Waals surface area (Å²) in [4.78, 5) is 16.0. The van der Waals surface area contributed by atoms with E-state index in [2.05, 4.69) is 67.8 Å². The van der Waals surface area contributed by atoms with E-state index in [1.165, 1.54) is 10.5 Å². The van der Waals surface area contributed by atoms with Gasteiger partial charge in [0.2, 0.25) is 5.78 Å². The minimum absolute atomic E-state index is 0.236. The highest BCUT2D eigenvalue weighted by Gasteiger charge is 2.26. The highest BCUT2D eigenvalue weighted by Crippen LogP contribution is 2.20. The summed E-state index contributed by atoms with van der Waals surface area (Å²) >= 11 is 0. The third-order valence-electron chi connectivity index (χ3n) is 6.22. The third-order valence-corrected chi connectivity index (χ3v) is 6.22. The summed E-state index contributed by atoms with van der Waals surface area (Å²) in [6.07, 6.45) is 4.48. The van der Waals surface area contributed by atoms with Gasteiger partial charge in [-0.05, 0) is 38.5 Å². The normalized spacial score (nSPS) is 20.5. The number of carbonyl (C=O) groups excluding carboxylic acids is 1. The van der Waals surface area contributed by atoms with Gasteiger partial charge in [0.05, 0.1) is 19.2 Å². The van der Waals surface area contributed by atoms with Crippen molar-refractivity contribution in [3.8, 4) is 0 Å². The Morgan fingerprint density at radius 2 is 1.80 bits per heavy atom. The van der Waals surface area contributed by atoms with Crippen molar-refractivity contribution < 1.29 is 19.3 Å². The second-order valence-corrected chi connectivity index (χ2v) is 8.58. The molecule has 2 N–H and O–H groups in total. The molecular weight excluding hydrogens is 374 g/mol. The summed E-state index contributed by atoms with van der Waals surface area (Å²) in [6, 6.07) is 12.7. The number of nitrogens with one attached hydrogen (secondary N) is 2. The van der Waals surface area contributed by atoms with Crippen LogP contribution < -0.4 is 9.80 Å². The smallest absolute Gasteiger partial charge is 0.218 e. The number of aryl methyl sites for hydroxylation is 1. The summed E-state index contributed by atoms with van der Waals surface area (Å²) in [7, 11) is 1.72. The number of hydrogen-bond acceptors (Lipinski definition) is 2. The van der Waals surface area contributed by atoms with Crippen molar-refractivity contribution in [2.45, 2.75) is 26.8 Å². The van der Waals surface area contributed by atoms with Crippen molar-refractivity contribution >= 4 is 11.9 Å². The maximum absolute atomic E-state index is 13.0. The van der Waals surface area contributed by atoms with Crippen LogP contribution in [0.25, 0.3) is 6.08 Å². The molecule has 0 aliphatic carbocycles. The quantitative estimate of drug-likeness (QED) is 0.605. The van der Waals surface area contributed by atoms with Gasteiger partial charge in [-0.3, -0.25) is 4.79 Å². The lowest BCUT2D eigenvalue weighted by atomic mass is 10.1. The van der Waals surface area contributed by atoms with Crippen LogP contribution in [0.4, 0.5) is 0 Å². The molecule has 1 aliphatic heterocycles. The Morgan fingerprint density at radius 3 is 2.47 bits per heavy atom. The van der Waals surface area contributed by atoms with Gasteiger partial charge < -0.3 is 19.1 Å². The zero-order valence-corrected chi connectivity index (χ0v) is 18.9. The largest absolute Gasteiger partial charge is 0.383 e. The number of carbonyl (C=O) groups is 1. The maximum Gasteiger partial charge on any atom is 0.218 e. The zero-order valence-electron chi connectivity index (χ0n) is 18.9. The van der Waals surface area contributed by atoms with Gasteiger partial charge in [-0.15, -0.1) is 0 Å². The van der Waals surface area contributed by atoms with Gasteiger partial charge in [0.15, 0.2) is 0 Å². The van der Waals surface area contributed by atoms with Crippen LogP contribution in [-0.4, -0.2) is 63.3 Å². The molecule has 3 rings (SSSR count). The number of methoxy groups -OCH3 is 1. The van der Waals surface area contributed by atoms with Crippen LogP contribution >= 0.6 is 0 Å². The van der Waals surface area contributed by atoms with Gasteiger partial charge in [-0.25, -0.2) is 0 Å². The molecule has 0 saturated carbocycles. The second-order valence-electron chi connectivity index (χ2n) is 8.58. The Kier molecular flexibility index (Phi) is 8.02. The first kappa shape index (κ1) is 22.5. The predicted octanol–water partition coefficient (Wildman–Crippen LogP) is 0.992. The average molecular weight is 412 g/mol. The van der Waals surface area contributed by atoms with E-state index in [0.29, 0.717) is 13.2 Å². The number of piperazine rings is 1. The van der Waals surface area contributed by atoms with Gasteiger partial charge in [-0.1, -0.05) is 36.4 Å². The maximum atomic E-state index is 13.0. The van der Waals surface area contributed by atoms with Gasteiger partial charge in [0.25, 0.3) is 0 Å². The van der Waals surface area contributed by atoms with Crippen LogP contribution in [0.3, 0.4) is 0 Å². The number of benzene rings is 1. The van der Waals surface area contributed by atoms with Crippen molar-refractivity contribution in [3.05, 3.63) is 65.0 Å². The lowest BCUT2D eigenvalue weighted by molar-refractivity contribution is -1.01. The molecule has 0 spiro atoms. The lowest BCUT2D eigenvalue weighted by Crippen LogP contribution is -3.28. The fourth-order valence-electron chi connectivity index (χ4n) is 4.64.